The quantitative estimate of drug-likeness (QED) is 0.718. The number of alkyl carbamates (subject to hydrolysis) is 1. The van der Waals surface area contributed by atoms with E-state index in [1.807, 2.05) is 20.8 Å². The van der Waals surface area contributed by atoms with Crippen LogP contribution in [0.15, 0.2) is 0 Å². The summed E-state index contributed by atoms with van der Waals surface area (Å²) in [5, 5.41) is 12.2. The van der Waals surface area contributed by atoms with Crippen LogP contribution < -0.4 is 5.32 Å². The molecule has 0 aliphatic heterocycles. The van der Waals surface area contributed by atoms with E-state index in [2.05, 4.69) is 5.32 Å². The van der Waals surface area contributed by atoms with Crippen LogP contribution in [0.4, 0.5) is 4.79 Å². The number of hydrogen-bond donors (Lipinski definition) is 2. The molecule has 0 heterocycles. The van der Waals surface area contributed by atoms with Gasteiger partial charge in [0.05, 0.1) is 11.0 Å². The van der Waals surface area contributed by atoms with Gasteiger partial charge in [-0.25, -0.2) is 4.79 Å². The number of methoxy groups -OCH3 is 1. The van der Waals surface area contributed by atoms with Crippen molar-refractivity contribution in [3.05, 3.63) is 0 Å². The minimum Gasteiger partial charge on any atom is -0.481 e. The molecule has 0 bridgehead atoms. The van der Waals surface area contributed by atoms with Crippen molar-refractivity contribution in [3.63, 3.8) is 0 Å². The SMILES string of the molecule is CCC(CCC(C)(C)OC)(CNC(=O)OC(C)(C)C)C(=O)O. The molecular formula is C16H31NO5. The second kappa shape index (κ2) is 7.81. The van der Waals surface area contributed by atoms with Gasteiger partial charge in [0.1, 0.15) is 5.60 Å². The fourth-order valence-electron chi connectivity index (χ4n) is 1.92. The van der Waals surface area contributed by atoms with Crippen LogP contribution in [0.25, 0.3) is 0 Å². The highest BCUT2D eigenvalue weighted by Crippen LogP contribution is 2.32. The molecule has 0 aliphatic carbocycles. The third kappa shape index (κ3) is 7.11. The Hall–Kier alpha value is -1.30. The fourth-order valence-corrected chi connectivity index (χ4v) is 1.92. The Morgan fingerprint density at radius 1 is 1.09 bits per heavy atom. The number of carboxylic acids is 1. The Labute approximate surface area is 133 Å². The van der Waals surface area contributed by atoms with Crippen LogP contribution in [0, 0.1) is 5.41 Å². The smallest absolute Gasteiger partial charge is 0.407 e. The van der Waals surface area contributed by atoms with Crippen LogP contribution in [-0.2, 0) is 14.3 Å². The molecule has 0 radical (unpaired) electrons. The molecule has 0 rings (SSSR count). The second-order valence-electron chi connectivity index (χ2n) is 7.26. The lowest BCUT2D eigenvalue weighted by atomic mass is 9.78. The molecule has 1 amide bonds. The Kier molecular flexibility index (Phi) is 7.35. The number of amides is 1. The first-order chi connectivity index (χ1) is 9.87. The summed E-state index contributed by atoms with van der Waals surface area (Å²) in [4.78, 5) is 23.5. The van der Waals surface area contributed by atoms with Crippen LogP contribution in [0.5, 0.6) is 0 Å². The zero-order chi connectivity index (χ0) is 17.6. The second-order valence-corrected chi connectivity index (χ2v) is 7.26. The average molecular weight is 317 g/mol. The summed E-state index contributed by atoms with van der Waals surface area (Å²) in [6.07, 6.45) is 0.810. The molecule has 1 atom stereocenters. The van der Waals surface area contributed by atoms with Crippen molar-refractivity contribution >= 4 is 12.1 Å². The summed E-state index contributed by atoms with van der Waals surface area (Å²) in [6, 6.07) is 0. The van der Waals surface area contributed by atoms with Gasteiger partial charge in [0.2, 0.25) is 0 Å². The van der Waals surface area contributed by atoms with Gasteiger partial charge in [-0.3, -0.25) is 4.79 Å². The van der Waals surface area contributed by atoms with Crippen LogP contribution in [-0.4, -0.2) is 42.0 Å². The molecule has 0 aromatic heterocycles. The van der Waals surface area contributed by atoms with Gasteiger partial charge in [-0.05, 0) is 53.9 Å². The first kappa shape index (κ1) is 20.7. The number of rotatable bonds is 8. The summed E-state index contributed by atoms with van der Waals surface area (Å²) in [6.45, 7) is 11.0. The number of carboxylic acid groups (broad SMARTS) is 1. The first-order valence-corrected chi connectivity index (χ1v) is 7.63. The zero-order valence-electron chi connectivity index (χ0n) is 14.9. The molecule has 0 saturated heterocycles. The highest BCUT2D eigenvalue weighted by Gasteiger charge is 2.39. The Balaban J connectivity index is 4.84. The van der Waals surface area contributed by atoms with Crippen LogP contribution in [0.1, 0.15) is 60.8 Å². The van der Waals surface area contributed by atoms with Crippen molar-refractivity contribution in [2.75, 3.05) is 13.7 Å². The number of carbonyl (C=O) groups is 2. The maximum atomic E-state index is 11.8. The van der Waals surface area contributed by atoms with Gasteiger partial charge >= 0.3 is 12.1 Å². The standard InChI is InChI=1S/C16H31NO5/c1-8-16(12(18)19,10-9-15(5,6)21-7)11-17-13(20)22-14(2,3)4/h8-11H2,1-7H3,(H,17,20)(H,18,19). The summed E-state index contributed by atoms with van der Waals surface area (Å²) < 4.78 is 10.5. The number of nitrogens with one attached hydrogen (secondary N) is 1. The molecule has 0 aromatic carbocycles. The summed E-state index contributed by atoms with van der Waals surface area (Å²) in [5.41, 5.74) is -2.03. The van der Waals surface area contributed by atoms with Gasteiger partial charge in [0, 0.05) is 13.7 Å². The third-order valence-electron chi connectivity index (χ3n) is 3.86. The van der Waals surface area contributed by atoms with E-state index in [4.69, 9.17) is 9.47 Å². The minimum absolute atomic E-state index is 0.0353. The Bertz CT molecular complexity index is 386. The largest absolute Gasteiger partial charge is 0.481 e. The summed E-state index contributed by atoms with van der Waals surface area (Å²) in [5.74, 6) is -0.919. The van der Waals surface area contributed by atoms with Crippen molar-refractivity contribution in [2.24, 2.45) is 5.41 Å². The summed E-state index contributed by atoms with van der Waals surface area (Å²) >= 11 is 0. The van der Waals surface area contributed by atoms with E-state index in [9.17, 15) is 14.7 Å². The average Bonchev–Trinajstić information content (AvgIpc) is 2.37. The maximum absolute atomic E-state index is 11.8. The van der Waals surface area contributed by atoms with Crippen molar-refractivity contribution in [2.45, 2.75) is 72.0 Å². The topological polar surface area (TPSA) is 84.9 Å². The van der Waals surface area contributed by atoms with Crippen LogP contribution >= 0.6 is 0 Å². The van der Waals surface area contributed by atoms with Crippen molar-refractivity contribution in [3.8, 4) is 0 Å². The van der Waals surface area contributed by atoms with Gasteiger partial charge in [-0.1, -0.05) is 6.92 Å². The molecule has 0 aromatic rings. The normalized spacial score (nSPS) is 15.0. The van der Waals surface area contributed by atoms with Gasteiger partial charge in [0.25, 0.3) is 0 Å². The molecule has 2 N–H and O–H groups in total. The molecule has 6 heteroatoms. The number of ether oxygens (including phenoxy) is 2. The van der Waals surface area contributed by atoms with Crippen molar-refractivity contribution < 1.29 is 24.2 Å². The van der Waals surface area contributed by atoms with E-state index in [-0.39, 0.29) is 6.54 Å². The van der Waals surface area contributed by atoms with Gasteiger partial charge in [0.15, 0.2) is 0 Å². The molecule has 1 unspecified atom stereocenters. The van der Waals surface area contributed by atoms with E-state index >= 15 is 0 Å². The molecule has 0 spiro atoms. The molecule has 0 aliphatic rings. The predicted octanol–water partition coefficient (Wildman–Crippen LogP) is 3.20. The fraction of sp³-hybridized carbons (Fsp3) is 0.875. The predicted molar refractivity (Wildman–Crippen MR) is 84.9 cm³/mol. The number of carbonyl (C=O) groups excluding carboxylic acids is 1. The Morgan fingerprint density at radius 3 is 2.00 bits per heavy atom. The summed E-state index contributed by atoms with van der Waals surface area (Å²) in [7, 11) is 1.60. The van der Waals surface area contributed by atoms with E-state index in [0.29, 0.717) is 19.3 Å². The van der Waals surface area contributed by atoms with Gasteiger partial charge in [-0.2, -0.15) is 0 Å². The monoisotopic (exact) mass is 317 g/mol. The van der Waals surface area contributed by atoms with Crippen LogP contribution in [0.3, 0.4) is 0 Å². The maximum Gasteiger partial charge on any atom is 0.407 e. The third-order valence-corrected chi connectivity index (χ3v) is 3.86. The molecule has 0 saturated carbocycles. The molecule has 0 fully saturated rings. The molecule has 6 nitrogen and oxygen atoms in total. The zero-order valence-corrected chi connectivity index (χ0v) is 14.9. The number of hydrogen-bond acceptors (Lipinski definition) is 4. The van der Waals surface area contributed by atoms with Gasteiger partial charge in [-0.15, -0.1) is 0 Å². The Morgan fingerprint density at radius 2 is 1.64 bits per heavy atom. The van der Waals surface area contributed by atoms with Crippen molar-refractivity contribution in [1.29, 1.82) is 0 Å². The number of aliphatic carboxylic acids is 1. The minimum atomic E-state index is -1.02. The highest BCUT2D eigenvalue weighted by atomic mass is 16.6. The van der Waals surface area contributed by atoms with Gasteiger partial charge < -0.3 is 19.9 Å². The first-order valence-electron chi connectivity index (χ1n) is 7.63. The lowest BCUT2D eigenvalue weighted by Gasteiger charge is -2.32. The lowest BCUT2D eigenvalue weighted by molar-refractivity contribution is -0.150. The molecular weight excluding hydrogens is 286 g/mol. The molecule has 22 heavy (non-hydrogen) atoms. The lowest BCUT2D eigenvalue weighted by Crippen LogP contribution is -2.45. The van der Waals surface area contributed by atoms with E-state index in [0.717, 1.165) is 0 Å². The van der Waals surface area contributed by atoms with E-state index < -0.39 is 28.7 Å². The van der Waals surface area contributed by atoms with E-state index in [1.54, 1.807) is 27.9 Å². The molecule has 130 valence electrons. The highest BCUT2D eigenvalue weighted by molar-refractivity contribution is 5.76. The van der Waals surface area contributed by atoms with E-state index in [1.165, 1.54) is 0 Å². The van der Waals surface area contributed by atoms with Crippen LogP contribution in [0.2, 0.25) is 0 Å². The van der Waals surface area contributed by atoms with Crippen molar-refractivity contribution in [1.82, 2.24) is 5.32 Å².